The van der Waals surface area contributed by atoms with Crippen LogP contribution in [0.2, 0.25) is 23.2 Å². The highest BCUT2D eigenvalue weighted by atomic mass is 35.5. The summed E-state index contributed by atoms with van der Waals surface area (Å²) in [5.41, 5.74) is 2.37. The first kappa shape index (κ1) is 41.0. The third-order valence-corrected chi connectivity index (χ3v) is 10.1. The van der Waals surface area contributed by atoms with Gasteiger partial charge in [-0.05, 0) is 110 Å². The van der Waals surface area contributed by atoms with E-state index < -0.39 is 30.3 Å². The highest BCUT2D eigenvalue weighted by Crippen LogP contribution is 2.33. The smallest absolute Gasteiger partial charge is 0.311 e. The topological polar surface area (TPSA) is 127 Å². The van der Waals surface area contributed by atoms with Crippen molar-refractivity contribution in [2.45, 2.75) is 58.7 Å². The first-order chi connectivity index (χ1) is 24.5. The minimum Gasteiger partial charge on any atom is -0.481 e. The number of aliphatic carboxylic acids is 1. The van der Waals surface area contributed by atoms with Crippen LogP contribution in [0.1, 0.15) is 37.8 Å². The molecule has 0 unspecified atom stereocenters. The molecule has 0 radical (unpaired) electrons. The molecule has 1 aliphatic rings. The summed E-state index contributed by atoms with van der Waals surface area (Å²) < 4.78 is 28.0. The maximum absolute atomic E-state index is 14.0. The van der Waals surface area contributed by atoms with Gasteiger partial charge in [-0.3, -0.25) is 9.59 Å². The van der Waals surface area contributed by atoms with Gasteiger partial charge in [0.1, 0.15) is 11.6 Å². The summed E-state index contributed by atoms with van der Waals surface area (Å²) in [5, 5.41) is 42.0. The first-order valence-electron chi connectivity index (χ1n) is 17.1. The number of nitrogens with one attached hydrogen (secondary N) is 1. The van der Waals surface area contributed by atoms with Crippen LogP contribution in [-0.4, -0.2) is 58.4 Å². The van der Waals surface area contributed by atoms with Crippen LogP contribution in [0.5, 0.6) is 0 Å². The standard InChI is InChI=1S/C21H25BClFO4.C19H19ClFNO2/c1-21(13-25,20(26)27)11-15(12-22(2)28)9-14-3-5-16(6-4-14)18-10-17(23)7-8-19(18)24;1-19(11-23)10-15(22-18(19)24)8-12-2-4-13(5-3-12)16-9-14(20)6-7-17(16)21/h3-8,10,15,25,28H,9,11-13H2,1-2H3,(H,26,27);2-7,9,15,23H,8,10-11H2,1H3,(H,22,24)/t15-,21+;15-,19+/m11/s1. The molecule has 0 saturated carbocycles. The number of carboxylic acids is 1. The van der Waals surface area contributed by atoms with Gasteiger partial charge in [0.2, 0.25) is 5.91 Å². The molecular formula is C40H44BCl2F2NO6. The van der Waals surface area contributed by atoms with Gasteiger partial charge in [-0.1, -0.05) is 78.6 Å². The molecule has 12 heteroatoms. The summed E-state index contributed by atoms with van der Waals surface area (Å²) in [7, 11) is 0. The number of benzene rings is 4. The fourth-order valence-electron chi connectivity index (χ4n) is 6.58. The predicted molar refractivity (Wildman–Crippen MR) is 202 cm³/mol. The largest absolute Gasteiger partial charge is 0.481 e. The molecule has 1 saturated heterocycles. The van der Waals surface area contributed by atoms with E-state index in [0.717, 1.165) is 16.7 Å². The minimum absolute atomic E-state index is 0.00315. The zero-order valence-corrected chi connectivity index (χ0v) is 30.9. The second-order valence-corrected chi connectivity index (χ2v) is 15.2. The Morgan fingerprint density at radius 3 is 1.85 bits per heavy atom. The van der Waals surface area contributed by atoms with E-state index in [-0.39, 0.29) is 42.5 Å². The van der Waals surface area contributed by atoms with Crippen LogP contribution in [-0.2, 0) is 22.4 Å². The van der Waals surface area contributed by atoms with Crippen molar-refractivity contribution in [1.82, 2.24) is 5.32 Å². The maximum atomic E-state index is 14.0. The quantitative estimate of drug-likeness (QED) is 0.0882. The predicted octanol–water partition coefficient (Wildman–Crippen LogP) is 7.97. The second-order valence-electron chi connectivity index (χ2n) is 14.3. The lowest BCUT2D eigenvalue weighted by molar-refractivity contribution is -0.151. The van der Waals surface area contributed by atoms with Crippen LogP contribution in [0, 0.1) is 28.4 Å². The molecule has 7 nitrogen and oxygen atoms in total. The van der Waals surface area contributed by atoms with E-state index in [1.54, 1.807) is 38.0 Å². The molecule has 1 heterocycles. The Morgan fingerprint density at radius 2 is 1.42 bits per heavy atom. The third-order valence-electron chi connectivity index (χ3n) is 9.60. The molecule has 5 rings (SSSR count). The average molecular weight is 755 g/mol. The van der Waals surface area contributed by atoms with Crippen molar-refractivity contribution in [2.75, 3.05) is 13.2 Å². The molecule has 0 aliphatic carbocycles. The fourth-order valence-corrected chi connectivity index (χ4v) is 6.92. The number of carboxylic acid groups (broad SMARTS) is 1. The highest BCUT2D eigenvalue weighted by molar-refractivity contribution is 6.48. The second kappa shape index (κ2) is 17.8. The SMILES string of the molecule is CB(O)C[C@H](Cc1ccc(-c2cc(Cl)ccc2F)cc1)C[C@@](C)(CO)C(=O)O.C[C@@]1(CO)C[C@@H](Cc2ccc(-c3cc(Cl)ccc3F)cc2)NC1=O. The Balaban J connectivity index is 0.000000235. The number of aliphatic hydroxyl groups excluding tert-OH is 2. The molecule has 0 bridgehead atoms. The van der Waals surface area contributed by atoms with Gasteiger partial charge in [0, 0.05) is 27.2 Å². The number of aliphatic hydroxyl groups is 2. The molecule has 4 aromatic rings. The maximum Gasteiger partial charge on any atom is 0.311 e. The summed E-state index contributed by atoms with van der Waals surface area (Å²) in [5.74, 6) is -1.95. The van der Waals surface area contributed by atoms with E-state index in [9.17, 15) is 38.7 Å². The Labute approximate surface area is 313 Å². The first-order valence-corrected chi connectivity index (χ1v) is 17.8. The normalized spacial score (nSPS) is 18.5. The number of amides is 1. The monoisotopic (exact) mass is 753 g/mol. The van der Waals surface area contributed by atoms with Crippen molar-refractivity contribution in [3.63, 3.8) is 0 Å². The van der Waals surface area contributed by atoms with Gasteiger partial charge in [0.25, 0.3) is 6.92 Å². The Kier molecular flexibility index (Phi) is 14.0. The van der Waals surface area contributed by atoms with E-state index in [1.165, 1.54) is 31.2 Å². The molecule has 1 amide bonds. The number of halogens is 4. The van der Waals surface area contributed by atoms with Crippen molar-refractivity contribution in [1.29, 1.82) is 0 Å². The third kappa shape index (κ3) is 10.6. The van der Waals surface area contributed by atoms with Crippen molar-refractivity contribution < 1.29 is 38.7 Å². The summed E-state index contributed by atoms with van der Waals surface area (Å²) in [4.78, 5) is 23.4. The molecule has 5 N–H and O–H groups in total. The number of carbonyl (C=O) groups excluding carboxylic acids is 1. The zero-order chi connectivity index (χ0) is 38.2. The van der Waals surface area contributed by atoms with Crippen LogP contribution >= 0.6 is 23.2 Å². The van der Waals surface area contributed by atoms with Crippen LogP contribution in [0.25, 0.3) is 22.3 Å². The van der Waals surface area contributed by atoms with E-state index in [4.69, 9.17) is 23.2 Å². The average Bonchev–Trinajstić information content (AvgIpc) is 3.39. The zero-order valence-electron chi connectivity index (χ0n) is 29.4. The molecule has 4 atom stereocenters. The van der Waals surface area contributed by atoms with Gasteiger partial charge < -0.3 is 25.7 Å². The Morgan fingerprint density at radius 1 is 0.923 bits per heavy atom. The van der Waals surface area contributed by atoms with Crippen molar-refractivity contribution in [2.24, 2.45) is 16.7 Å². The van der Waals surface area contributed by atoms with Crippen molar-refractivity contribution >= 4 is 42.0 Å². The highest BCUT2D eigenvalue weighted by Gasteiger charge is 2.42. The summed E-state index contributed by atoms with van der Waals surface area (Å²) in [6, 6.07) is 23.8. The van der Waals surface area contributed by atoms with E-state index in [1.807, 2.05) is 36.4 Å². The van der Waals surface area contributed by atoms with Crippen LogP contribution in [0.4, 0.5) is 8.78 Å². The van der Waals surface area contributed by atoms with Gasteiger partial charge >= 0.3 is 5.97 Å². The van der Waals surface area contributed by atoms with Crippen molar-refractivity contribution in [3.05, 3.63) is 118 Å². The van der Waals surface area contributed by atoms with Gasteiger partial charge in [0.05, 0.1) is 24.0 Å². The molecule has 4 aromatic carbocycles. The number of rotatable bonds is 13. The lowest BCUT2D eigenvalue weighted by atomic mass is 9.60. The minimum atomic E-state index is -1.26. The van der Waals surface area contributed by atoms with E-state index in [2.05, 4.69) is 5.32 Å². The van der Waals surface area contributed by atoms with E-state index in [0.29, 0.717) is 52.3 Å². The van der Waals surface area contributed by atoms with Crippen LogP contribution in [0.3, 0.4) is 0 Å². The molecule has 1 fully saturated rings. The molecule has 0 spiro atoms. The lowest BCUT2D eigenvalue weighted by Gasteiger charge is -2.28. The number of hydrogen-bond donors (Lipinski definition) is 5. The lowest BCUT2D eigenvalue weighted by Crippen LogP contribution is -2.35. The molecule has 276 valence electrons. The summed E-state index contributed by atoms with van der Waals surface area (Å²) in [6.07, 6.45) is 2.50. The van der Waals surface area contributed by atoms with Gasteiger partial charge in [-0.25, -0.2) is 8.78 Å². The fraction of sp³-hybridized carbons (Fsp3) is 0.350. The number of carbonyl (C=O) groups is 2. The Bertz CT molecular complexity index is 1850. The molecule has 52 heavy (non-hydrogen) atoms. The van der Waals surface area contributed by atoms with Crippen LogP contribution < -0.4 is 5.32 Å². The van der Waals surface area contributed by atoms with Crippen molar-refractivity contribution in [3.8, 4) is 22.3 Å². The number of hydrogen-bond acceptors (Lipinski definition) is 5. The Hall–Kier alpha value is -3.80. The van der Waals surface area contributed by atoms with E-state index >= 15 is 0 Å². The summed E-state index contributed by atoms with van der Waals surface area (Å²) >= 11 is 11.9. The van der Waals surface area contributed by atoms with Gasteiger partial charge in [-0.15, -0.1) is 0 Å². The van der Waals surface area contributed by atoms with Crippen LogP contribution in [0.15, 0.2) is 84.9 Å². The van der Waals surface area contributed by atoms with Gasteiger partial charge in [-0.2, -0.15) is 0 Å². The molecule has 1 aliphatic heterocycles. The molecule has 0 aromatic heterocycles. The summed E-state index contributed by atoms with van der Waals surface area (Å²) in [6.45, 7) is 3.74. The molecular weight excluding hydrogens is 710 g/mol. The van der Waals surface area contributed by atoms with Gasteiger partial charge in [0.15, 0.2) is 0 Å².